The first kappa shape index (κ1) is 25.4. The molecule has 0 fully saturated rings. The Morgan fingerprint density at radius 1 is 0.455 bits per heavy atom. The standard InChI is InChI=1S/C40H22N4/c1-42-38-19-37(23-44-24-38)29-8-4-27(5-9-29)35-17-32-12-10-30-15-34(16-31-11-13-33(18-35)40(32)39(30)31)26-2-6-28(7-3-26)36-14-25(20-41)21-43-22-36/h2-19,21-24H. The molecule has 0 bridgehead atoms. The van der Waals surface area contributed by atoms with Crippen LogP contribution in [0.5, 0.6) is 0 Å². The third kappa shape index (κ3) is 4.31. The summed E-state index contributed by atoms with van der Waals surface area (Å²) in [6.45, 7) is 7.27. The summed E-state index contributed by atoms with van der Waals surface area (Å²) >= 11 is 0. The van der Waals surface area contributed by atoms with Crippen molar-refractivity contribution in [1.82, 2.24) is 9.97 Å². The van der Waals surface area contributed by atoms with Crippen molar-refractivity contribution < 1.29 is 0 Å². The van der Waals surface area contributed by atoms with Gasteiger partial charge in [0.25, 0.3) is 0 Å². The molecule has 8 aromatic rings. The van der Waals surface area contributed by atoms with Crippen LogP contribution in [-0.4, -0.2) is 9.97 Å². The molecule has 0 unspecified atom stereocenters. The Kier molecular flexibility index (Phi) is 5.86. The van der Waals surface area contributed by atoms with Gasteiger partial charge in [0.1, 0.15) is 6.07 Å². The number of benzene rings is 6. The van der Waals surface area contributed by atoms with Gasteiger partial charge in [0.2, 0.25) is 5.69 Å². The van der Waals surface area contributed by atoms with Crippen molar-refractivity contribution in [2.24, 2.45) is 0 Å². The van der Waals surface area contributed by atoms with E-state index in [4.69, 9.17) is 6.57 Å². The number of aromatic nitrogens is 2. The van der Waals surface area contributed by atoms with E-state index >= 15 is 0 Å². The van der Waals surface area contributed by atoms with E-state index in [2.05, 4.69) is 118 Å². The maximum atomic E-state index is 9.23. The molecule has 202 valence electrons. The highest BCUT2D eigenvalue weighted by molar-refractivity contribution is 6.24. The summed E-state index contributed by atoms with van der Waals surface area (Å²) in [4.78, 5) is 11.9. The Labute approximate surface area is 254 Å². The third-order valence-corrected chi connectivity index (χ3v) is 8.36. The van der Waals surface area contributed by atoms with Crippen LogP contribution in [-0.2, 0) is 0 Å². The van der Waals surface area contributed by atoms with Crippen molar-refractivity contribution in [2.75, 3.05) is 0 Å². The summed E-state index contributed by atoms with van der Waals surface area (Å²) < 4.78 is 0. The minimum atomic E-state index is 0.542. The smallest absolute Gasteiger partial charge is 0.205 e. The van der Waals surface area contributed by atoms with E-state index in [1.807, 2.05) is 12.1 Å². The summed E-state index contributed by atoms with van der Waals surface area (Å²) in [5, 5.41) is 16.7. The zero-order chi connectivity index (χ0) is 29.6. The number of pyridine rings is 2. The summed E-state index contributed by atoms with van der Waals surface area (Å²) in [5.74, 6) is 0. The molecule has 0 radical (unpaired) electrons. The van der Waals surface area contributed by atoms with Crippen LogP contribution in [0.3, 0.4) is 0 Å². The molecule has 0 amide bonds. The Hall–Kier alpha value is -6.36. The number of hydrogen-bond acceptors (Lipinski definition) is 3. The van der Waals surface area contributed by atoms with Crippen molar-refractivity contribution in [1.29, 1.82) is 5.26 Å². The van der Waals surface area contributed by atoms with Gasteiger partial charge in [-0.15, -0.1) is 0 Å². The lowest BCUT2D eigenvalue weighted by atomic mass is 9.89. The van der Waals surface area contributed by atoms with E-state index in [1.165, 1.54) is 43.4 Å². The van der Waals surface area contributed by atoms with E-state index in [1.54, 1.807) is 24.8 Å². The van der Waals surface area contributed by atoms with E-state index in [0.29, 0.717) is 11.3 Å². The summed E-state index contributed by atoms with van der Waals surface area (Å²) in [5.41, 5.74) is 9.69. The fraction of sp³-hybridized carbons (Fsp3) is 0. The molecule has 0 aliphatic carbocycles. The van der Waals surface area contributed by atoms with E-state index < -0.39 is 0 Å². The minimum Gasteiger partial charge on any atom is -0.276 e. The molecule has 0 aliphatic heterocycles. The predicted molar refractivity (Wildman–Crippen MR) is 178 cm³/mol. The SMILES string of the molecule is [C-]#[N+]c1cncc(-c2ccc(-c3cc4ccc5cc(-c6ccc(-c7cncc(C#N)c7)cc6)cc6ccc(c3)c4c56)cc2)c1. The van der Waals surface area contributed by atoms with Gasteiger partial charge in [-0.3, -0.25) is 9.97 Å². The second kappa shape index (κ2) is 10.2. The van der Waals surface area contributed by atoms with Gasteiger partial charge in [-0.2, -0.15) is 5.26 Å². The van der Waals surface area contributed by atoms with Crippen molar-refractivity contribution >= 4 is 38.0 Å². The number of nitrogens with zero attached hydrogens (tertiary/aromatic N) is 4. The quantitative estimate of drug-likeness (QED) is 0.159. The van der Waals surface area contributed by atoms with Crippen LogP contribution in [0.2, 0.25) is 0 Å². The van der Waals surface area contributed by atoms with Gasteiger partial charge in [0.15, 0.2) is 0 Å². The van der Waals surface area contributed by atoms with Crippen molar-refractivity contribution in [3.05, 3.63) is 151 Å². The first-order valence-electron chi connectivity index (χ1n) is 14.3. The van der Waals surface area contributed by atoms with Crippen LogP contribution in [0.25, 0.3) is 81.7 Å². The van der Waals surface area contributed by atoms with E-state index in [-0.39, 0.29) is 0 Å². The Morgan fingerprint density at radius 3 is 1.30 bits per heavy atom. The molecule has 2 aromatic heterocycles. The van der Waals surface area contributed by atoms with Gasteiger partial charge in [0, 0.05) is 30.4 Å². The summed E-state index contributed by atoms with van der Waals surface area (Å²) in [6, 6.07) is 40.8. The monoisotopic (exact) mass is 558 g/mol. The highest BCUT2D eigenvalue weighted by atomic mass is 14.7. The largest absolute Gasteiger partial charge is 0.276 e. The van der Waals surface area contributed by atoms with Crippen LogP contribution in [0.4, 0.5) is 5.69 Å². The lowest BCUT2D eigenvalue weighted by Gasteiger charge is -2.15. The summed E-state index contributed by atoms with van der Waals surface area (Å²) in [7, 11) is 0. The Morgan fingerprint density at radius 2 is 0.864 bits per heavy atom. The van der Waals surface area contributed by atoms with Crippen LogP contribution in [0.1, 0.15) is 5.56 Å². The molecule has 6 aromatic carbocycles. The van der Waals surface area contributed by atoms with Gasteiger partial charge in [-0.05, 0) is 108 Å². The molecule has 2 heterocycles. The number of rotatable bonds is 4. The molecule has 0 aliphatic rings. The van der Waals surface area contributed by atoms with Crippen molar-refractivity contribution in [3.63, 3.8) is 0 Å². The first-order valence-corrected chi connectivity index (χ1v) is 14.3. The molecule has 44 heavy (non-hydrogen) atoms. The van der Waals surface area contributed by atoms with Crippen LogP contribution >= 0.6 is 0 Å². The lowest BCUT2D eigenvalue weighted by Crippen LogP contribution is -1.88. The molecule has 4 nitrogen and oxygen atoms in total. The molecular formula is C40H22N4. The Bertz CT molecular complexity index is 2200. The fourth-order valence-electron chi connectivity index (χ4n) is 6.19. The average Bonchev–Trinajstić information content (AvgIpc) is 3.10. The van der Waals surface area contributed by atoms with E-state index in [0.717, 1.165) is 33.4 Å². The van der Waals surface area contributed by atoms with E-state index in [9.17, 15) is 5.26 Å². The van der Waals surface area contributed by atoms with Crippen molar-refractivity contribution in [2.45, 2.75) is 0 Å². The van der Waals surface area contributed by atoms with Crippen LogP contribution in [0, 0.1) is 17.9 Å². The molecule has 0 saturated carbocycles. The average molecular weight is 559 g/mol. The lowest BCUT2D eigenvalue weighted by molar-refractivity contribution is 1.30. The minimum absolute atomic E-state index is 0.542. The van der Waals surface area contributed by atoms with Gasteiger partial charge in [-0.25, -0.2) is 4.85 Å². The van der Waals surface area contributed by atoms with Gasteiger partial charge in [-0.1, -0.05) is 72.8 Å². The van der Waals surface area contributed by atoms with Crippen LogP contribution in [0.15, 0.2) is 134 Å². The maximum Gasteiger partial charge on any atom is 0.205 e. The predicted octanol–water partition coefficient (Wildman–Crippen LogP) is 10.5. The maximum absolute atomic E-state index is 9.23. The zero-order valence-corrected chi connectivity index (χ0v) is 23.5. The third-order valence-electron chi connectivity index (χ3n) is 8.36. The first-order chi connectivity index (χ1) is 21.7. The number of nitriles is 1. The Balaban J connectivity index is 1.15. The zero-order valence-electron chi connectivity index (χ0n) is 23.5. The normalized spacial score (nSPS) is 11.1. The molecule has 0 atom stereocenters. The second-order valence-electron chi connectivity index (χ2n) is 11.0. The van der Waals surface area contributed by atoms with Gasteiger partial charge >= 0.3 is 0 Å². The highest BCUT2D eigenvalue weighted by Crippen LogP contribution is 2.40. The van der Waals surface area contributed by atoms with Crippen LogP contribution < -0.4 is 0 Å². The topological polar surface area (TPSA) is 53.9 Å². The fourth-order valence-corrected chi connectivity index (χ4v) is 6.19. The molecule has 8 rings (SSSR count). The van der Waals surface area contributed by atoms with Gasteiger partial charge in [0.05, 0.1) is 12.1 Å². The summed E-state index contributed by atoms with van der Waals surface area (Å²) in [6.07, 6.45) is 6.76. The van der Waals surface area contributed by atoms with Crippen molar-refractivity contribution in [3.8, 4) is 50.6 Å². The second-order valence-corrected chi connectivity index (χ2v) is 11.0. The molecule has 0 N–H and O–H groups in total. The highest BCUT2D eigenvalue weighted by Gasteiger charge is 2.13. The molecule has 0 spiro atoms. The number of hydrogen-bond donors (Lipinski definition) is 0. The molecule has 4 heteroatoms. The molecule has 0 saturated heterocycles. The van der Waals surface area contributed by atoms with Gasteiger partial charge < -0.3 is 0 Å². The molecular weight excluding hydrogens is 536 g/mol.